The number of aromatic hydroxyl groups is 1. The molecule has 0 unspecified atom stereocenters. The van der Waals surface area contributed by atoms with E-state index in [1.54, 1.807) is 19.2 Å². The first-order valence-electron chi connectivity index (χ1n) is 14.2. The lowest BCUT2D eigenvalue weighted by molar-refractivity contribution is 0.104. The summed E-state index contributed by atoms with van der Waals surface area (Å²) in [5.74, 6) is 1.71. The number of carbonyl (C=O) groups excluding carboxylic acids is 1. The second-order valence-electron chi connectivity index (χ2n) is 10.7. The smallest absolute Gasteiger partial charge is 0.195 e. The number of thiophene rings is 1. The van der Waals surface area contributed by atoms with Crippen LogP contribution >= 0.6 is 11.3 Å². The first-order chi connectivity index (χ1) is 19.6. The number of hydrogen-bond acceptors (Lipinski definition) is 7. The highest BCUT2D eigenvalue weighted by atomic mass is 32.1. The van der Waals surface area contributed by atoms with Crippen molar-refractivity contribution in [2.75, 3.05) is 46.4 Å². The number of ether oxygens (including phenoxy) is 2. The predicted molar refractivity (Wildman–Crippen MR) is 161 cm³/mol. The number of benzene rings is 3. The van der Waals surface area contributed by atoms with Crippen molar-refractivity contribution >= 4 is 27.2 Å². The Bertz CT molecular complexity index is 1480. The van der Waals surface area contributed by atoms with Crippen LogP contribution in [-0.2, 0) is 6.54 Å². The Hall–Kier alpha value is -3.39. The van der Waals surface area contributed by atoms with Crippen molar-refractivity contribution in [1.82, 2.24) is 9.80 Å². The van der Waals surface area contributed by atoms with E-state index in [-0.39, 0.29) is 11.5 Å². The molecule has 6 nitrogen and oxygen atoms in total. The highest BCUT2D eigenvalue weighted by Crippen LogP contribution is 2.42. The average molecular weight is 557 g/mol. The number of hydrogen-bond donors (Lipinski definition) is 1. The molecule has 3 aromatic carbocycles. The highest BCUT2D eigenvalue weighted by Gasteiger charge is 2.23. The summed E-state index contributed by atoms with van der Waals surface area (Å²) in [6.45, 7) is 6.96. The largest absolute Gasteiger partial charge is 0.508 e. The fourth-order valence-corrected chi connectivity index (χ4v) is 7.10. The minimum Gasteiger partial charge on any atom is -0.508 e. The summed E-state index contributed by atoms with van der Waals surface area (Å²) >= 11 is 1.52. The Balaban J connectivity index is 1.28. The topological polar surface area (TPSA) is 62.2 Å². The third-order valence-electron chi connectivity index (χ3n) is 8.03. The molecule has 2 aliphatic heterocycles. The Morgan fingerprint density at radius 3 is 2.35 bits per heavy atom. The van der Waals surface area contributed by atoms with Crippen molar-refractivity contribution in [3.05, 3.63) is 77.4 Å². The van der Waals surface area contributed by atoms with E-state index >= 15 is 0 Å². The molecule has 40 heavy (non-hydrogen) atoms. The molecule has 0 aliphatic carbocycles. The first kappa shape index (κ1) is 26.8. The molecule has 2 fully saturated rings. The predicted octanol–water partition coefficient (Wildman–Crippen LogP) is 6.58. The van der Waals surface area contributed by atoms with Gasteiger partial charge in [-0.05, 0) is 106 Å². The van der Waals surface area contributed by atoms with E-state index in [2.05, 4.69) is 9.80 Å². The van der Waals surface area contributed by atoms with E-state index < -0.39 is 0 Å². The van der Waals surface area contributed by atoms with Crippen LogP contribution in [0.4, 0.5) is 0 Å². The summed E-state index contributed by atoms with van der Waals surface area (Å²) in [5, 5.41) is 11.0. The van der Waals surface area contributed by atoms with Gasteiger partial charge < -0.3 is 14.6 Å². The van der Waals surface area contributed by atoms with Crippen LogP contribution in [0, 0.1) is 0 Å². The maximum absolute atomic E-state index is 14.1. The van der Waals surface area contributed by atoms with E-state index in [9.17, 15) is 9.90 Å². The number of fused-ring (bicyclic) bond motifs is 1. The highest BCUT2D eigenvalue weighted by molar-refractivity contribution is 7.22. The van der Waals surface area contributed by atoms with Crippen LogP contribution in [0.5, 0.6) is 17.2 Å². The molecule has 1 N–H and O–H groups in total. The van der Waals surface area contributed by atoms with Crippen molar-refractivity contribution < 1.29 is 19.4 Å². The molecule has 0 spiro atoms. The second-order valence-corrected chi connectivity index (χ2v) is 11.8. The number of phenols is 1. The van der Waals surface area contributed by atoms with Gasteiger partial charge in [0.25, 0.3) is 0 Å². The Morgan fingerprint density at radius 2 is 1.62 bits per heavy atom. The lowest BCUT2D eigenvalue weighted by Gasteiger charge is -2.17. The number of likely N-dealkylation sites (tertiary alicyclic amines) is 2. The zero-order chi connectivity index (χ0) is 27.5. The van der Waals surface area contributed by atoms with E-state index in [1.165, 1.54) is 37.0 Å². The zero-order valence-electron chi connectivity index (χ0n) is 23.0. The van der Waals surface area contributed by atoms with Gasteiger partial charge in [0.1, 0.15) is 23.9 Å². The average Bonchev–Trinajstić information content (AvgIpc) is 3.75. The van der Waals surface area contributed by atoms with Crippen molar-refractivity contribution in [1.29, 1.82) is 0 Å². The van der Waals surface area contributed by atoms with E-state index in [0.29, 0.717) is 17.7 Å². The molecule has 208 valence electrons. The van der Waals surface area contributed by atoms with Crippen LogP contribution in [0.25, 0.3) is 20.5 Å². The molecule has 6 rings (SSSR count). The van der Waals surface area contributed by atoms with Crippen LogP contribution in [0.15, 0.2) is 60.7 Å². The molecule has 3 heterocycles. The van der Waals surface area contributed by atoms with Crippen LogP contribution in [0.3, 0.4) is 0 Å². The molecule has 4 aromatic rings. The molecule has 0 radical (unpaired) electrons. The van der Waals surface area contributed by atoms with Crippen molar-refractivity contribution in [2.45, 2.75) is 32.2 Å². The molecule has 7 heteroatoms. The molecular formula is C33H36N2O4S. The molecule has 0 bridgehead atoms. The van der Waals surface area contributed by atoms with E-state index in [0.717, 1.165) is 76.9 Å². The summed E-state index contributed by atoms with van der Waals surface area (Å²) in [4.78, 5) is 19.9. The van der Waals surface area contributed by atoms with Gasteiger partial charge in [-0.15, -0.1) is 11.3 Å². The third-order valence-corrected chi connectivity index (χ3v) is 9.24. The van der Waals surface area contributed by atoms with Gasteiger partial charge in [-0.3, -0.25) is 14.6 Å². The minimum absolute atomic E-state index is 0.0519. The van der Waals surface area contributed by atoms with Crippen LogP contribution in [0.1, 0.15) is 47.2 Å². The number of carbonyl (C=O) groups is 1. The van der Waals surface area contributed by atoms with Gasteiger partial charge in [-0.1, -0.05) is 12.1 Å². The fourth-order valence-electron chi connectivity index (χ4n) is 5.86. The molecule has 0 saturated carbocycles. The molecule has 0 amide bonds. The summed E-state index contributed by atoms with van der Waals surface area (Å²) in [6.07, 6.45) is 5.01. The van der Waals surface area contributed by atoms with Gasteiger partial charge in [-0.25, -0.2) is 0 Å². The SMILES string of the molecule is COc1cc(C(=O)c2c(-c3ccc(OCCN4CCCC4)cc3)sc3cc(O)ccc23)ccc1CN1CCCC1. The summed E-state index contributed by atoms with van der Waals surface area (Å²) < 4.78 is 12.6. The van der Waals surface area contributed by atoms with Gasteiger partial charge in [0.05, 0.1) is 7.11 Å². The number of nitrogens with zero attached hydrogens (tertiary/aromatic N) is 2. The molecule has 0 atom stereocenters. The quantitative estimate of drug-likeness (QED) is 0.223. The molecule has 2 saturated heterocycles. The molecule has 2 aliphatic rings. The van der Waals surface area contributed by atoms with E-state index in [1.807, 2.05) is 48.5 Å². The van der Waals surface area contributed by atoms with Crippen LogP contribution < -0.4 is 9.47 Å². The van der Waals surface area contributed by atoms with Gasteiger partial charge >= 0.3 is 0 Å². The number of rotatable bonds is 10. The van der Waals surface area contributed by atoms with Gasteiger partial charge in [-0.2, -0.15) is 0 Å². The molecule has 1 aromatic heterocycles. The standard InChI is InChI=1S/C33H36N2O4S/c1-38-29-20-24(6-7-25(29)22-35-16-4-5-17-35)32(37)31-28-13-10-26(36)21-30(28)40-33(31)23-8-11-27(12-9-23)39-19-18-34-14-2-3-15-34/h6-13,20-21,36H,2-5,14-19,22H2,1H3. The van der Waals surface area contributed by atoms with Crippen LogP contribution in [0.2, 0.25) is 0 Å². The van der Waals surface area contributed by atoms with Gasteiger partial charge in [0, 0.05) is 44.7 Å². The monoisotopic (exact) mass is 556 g/mol. The van der Waals surface area contributed by atoms with Crippen molar-refractivity contribution in [3.63, 3.8) is 0 Å². The molecular weight excluding hydrogens is 520 g/mol. The zero-order valence-corrected chi connectivity index (χ0v) is 23.8. The van der Waals surface area contributed by atoms with Crippen molar-refractivity contribution in [2.24, 2.45) is 0 Å². The lowest BCUT2D eigenvalue weighted by Crippen LogP contribution is -2.25. The number of phenolic OH excluding ortho intramolecular Hbond substituents is 1. The van der Waals surface area contributed by atoms with Crippen LogP contribution in [-0.4, -0.2) is 67.1 Å². The lowest BCUT2D eigenvalue weighted by atomic mass is 9.96. The summed E-state index contributed by atoms with van der Waals surface area (Å²) in [6, 6.07) is 19.0. The summed E-state index contributed by atoms with van der Waals surface area (Å²) in [5.41, 5.74) is 3.30. The van der Waals surface area contributed by atoms with Gasteiger partial charge in [0.15, 0.2) is 5.78 Å². The van der Waals surface area contributed by atoms with E-state index in [4.69, 9.17) is 9.47 Å². The number of ketones is 1. The minimum atomic E-state index is -0.0519. The Morgan fingerprint density at radius 1 is 0.900 bits per heavy atom. The Kier molecular flexibility index (Phi) is 8.05. The normalized spacial score (nSPS) is 16.1. The second kappa shape index (κ2) is 12.0. The van der Waals surface area contributed by atoms with Gasteiger partial charge in [0.2, 0.25) is 0 Å². The fraction of sp³-hybridized carbons (Fsp3) is 0.364. The maximum Gasteiger partial charge on any atom is 0.195 e. The maximum atomic E-state index is 14.1. The summed E-state index contributed by atoms with van der Waals surface area (Å²) in [7, 11) is 1.67. The van der Waals surface area contributed by atoms with Crippen molar-refractivity contribution in [3.8, 4) is 27.7 Å². The Labute approximate surface area is 239 Å². The number of methoxy groups -OCH3 is 1. The first-order valence-corrected chi connectivity index (χ1v) is 15.1. The third kappa shape index (κ3) is 5.73.